The number of benzene rings is 5. The topological polar surface area (TPSA) is 108 Å². The van der Waals surface area contributed by atoms with Gasteiger partial charge in [-0.25, -0.2) is 4.79 Å². The van der Waals surface area contributed by atoms with E-state index >= 15 is 0 Å². The van der Waals surface area contributed by atoms with E-state index < -0.39 is 23.6 Å². The average molecular weight is 684 g/mol. The van der Waals surface area contributed by atoms with Crippen molar-refractivity contribution in [2.45, 2.75) is 57.7 Å². The summed E-state index contributed by atoms with van der Waals surface area (Å²) in [5, 5.41) is 17.8. The zero-order chi connectivity index (χ0) is 36.3. The Balaban J connectivity index is 1.20. The average Bonchev–Trinajstić information content (AvgIpc) is 3.46. The molecule has 0 radical (unpaired) electrons. The summed E-state index contributed by atoms with van der Waals surface area (Å²) in [6.45, 7) is 7.46. The molecule has 8 nitrogen and oxygen atoms in total. The number of likely N-dealkylation sites (N-methyl/N-ethyl adjacent to an activating group) is 1. The van der Waals surface area contributed by atoms with Crippen LogP contribution in [-0.4, -0.2) is 53.1 Å². The Kier molecular flexibility index (Phi) is 10.1. The van der Waals surface area contributed by atoms with Crippen LogP contribution in [0, 0.1) is 5.92 Å². The Morgan fingerprint density at radius 1 is 0.804 bits per heavy atom. The lowest BCUT2D eigenvalue weighted by atomic mass is 9.88. The standard InChI is InChI=1S/C43H45N3O5/c1-27(2)39(44-42(50)51-26-38-36-18-10-8-16-34(36)35-17-9-11-19-37(35)38)40(48)45-43(4,25-29-21-23-31(47)24-22-29)41(49)46(5)28(3)32-20-12-14-30-13-6-7-15-33(30)32/h6-24,27-28,38-39,47H,25-26H2,1-5H3,(H,44,50)(H,45,48)/t28-,39+,43+/m1/s1. The van der Waals surface area contributed by atoms with Crippen LogP contribution in [0.25, 0.3) is 21.9 Å². The first kappa shape index (κ1) is 35.2. The predicted molar refractivity (Wildman–Crippen MR) is 200 cm³/mol. The van der Waals surface area contributed by atoms with E-state index in [-0.39, 0.29) is 42.6 Å². The van der Waals surface area contributed by atoms with Crippen molar-refractivity contribution in [1.29, 1.82) is 0 Å². The van der Waals surface area contributed by atoms with Crippen LogP contribution in [0.3, 0.4) is 0 Å². The summed E-state index contributed by atoms with van der Waals surface area (Å²) in [4.78, 5) is 43.6. The molecule has 1 aliphatic carbocycles. The van der Waals surface area contributed by atoms with E-state index in [0.29, 0.717) is 0 Å². The summed E-state index contributed by atoms with van der Waals surface area (Å²) in [7, 11) is 1.74. The molecule has 6 rings (SSSR count). The highest BCUT2D eigenvalue weighted by Crippen LogP contribution is 2.44. The lowest BCUT2D eigenvalue weighted by molar-refractivity contribution is -0.142. The van der Waals surface area contributed by atoms with Gasteiger partial charge in [-0.15, -0.1) is 0 Å². The Morgan fingerprint density at radius 3 is 2.04 bits per heavy atom. The van der Waals surface area contributed by atoms with Crippen molar-refractivity contribution in [3.8, 4) is 16.9 Å². The first-order chi connectivity index (χ1) is 24.5. The van der Waals surface area contributed by atoms with Crippen LogP contribution >= 0.6 is 0 Å². The van der Waals surface area contributed by atoms with E-state index in [1.807, 2.05) is 87.5 Å². The number of carbonyl (C=O) groups excluding carboxylic acids is 3. The minimum absolute atomic E-state index is 0.102. The molecule has 0 saturated heterocycles. The largest absolute Gasteiger partial charge is 0.508 e. The first-order valence-electron chi connectivity index (χ1n) is 17.4. The van der Waals surface area contributed by atoms with Gasteiger partial charge < -0.3 is 25.4 Å². The van der Waals surface area contributed by atoms with Crippen LogP contribution in [0.5, 0.6) is 5.75 Å². The highest BCUT2D eigenvalue weighted by atomic mass is 16.5. The van der Waals surface area contributed by atoms with Gasteiger partial charge in [0.15, 0.2) is 0 Å². The molecule has 0 fully saturated rings. The number of ether oxygens (including phenoxy) is 1. The van der Waals surface area contributed by atoms with Gasteiger partial charge in [0.05, 0.1) is 6.04 Å². The quantitative estimate of drug-likeness (QED) is 0.132. The third kappa shape index (κ3) is 7.31. The molecular weight excluding hydrogens is 638 g/mol. The van der Waals surface area contributed by atoms with Crippen molar-refractivity contribution in [2.75, 3.05) is 13.7 Å². The highest BCUT2D eigenvalue weighted by Gasteiger charge is 2.41. The van der Waals surface area contributed by atoms with E-state index in [0.717, 1.165) is 44.2 Å². The lowest BCUT2D eigenvalue weighted by Gasteiger charge is -2.38. The fourth-order valence-corrected chi connectivity index (χ4v) is 7.24. The second-order valence-electron chi connectivity index (χ2n) is 14.0. The maximum Gasteiger partial charge on any atom is 0.407 e. The van der Waals surface area contributed by atoms with Crippen molar-refractivity contribution >= 4 is 28.7 Å². The summed E-state index contributed by atoms with van der Waals surface area (Å²) in [6, 6.07) is 35.6. The monoisotopic (exact) mass is 683 g/mol. The maximum atomic E-state index is 14.5. The maximum absolute atomic E-state index is 14.5. The molecule has 3 N–H and O–H groups in total. The Morgan fingerprint density at radius 2 is 1.39 bits per heavy atom. The molecule has 0 unspecified atom stereocenters. The number of hydrogen-bond donors (Lipinski definition) is 3. The van der Waals surface area contributed by atoms with Crippen molar-refractivity contribution in [2.24, 2.45) is 5.92 Å². The molecule has 5 aromatic rings. The van der Waals surface area contributed by atoms with Gasteiger partial charge in [0.25, 0.3) is 0 Å². The molecule has 0 heterocycles. The van der Waals surface area contributed by atoms with Gasteiger partial charge in [0.2, 0.25) is 11.8 Å². The van der Waals surface area contributed by atoms with Gasteiger partial charge in [-0.1, -0.05) is 117 Å². The van der Waals surface area contributed by atoms with Crippen LogP contribution in [-0.2, 0) is 20.7 Å². The van der Waals surface area contributed by atoms with E-state index in [2.05, 4.69) is 34.9 Å². The fraction of sp³-hybridized carbons (Fsp3) is 0.279. The molecule has 0 spiro atoms. The molecular formula is C43H45N3O5. The number of nitrogens with one attached hydrogen (secondary N) is 2. The molecule has 0 saturated carbocycles. The van der Waals surface area contributed by atoms with E-state index in [1.165, 1.54) is 0 Å². The molecule has 262 valence electrons. The normalized spacial score (nSPS) is 14.5. The number of rotatable bonds is 11. The summed E-state index contributed by atoms with van der Waals surface area (Å²) in [6.07, 6.45) is -0.556. The van der Waals surface area contributed by atoms with E-state index in [9.17, 15) is 19.5 Å². The number of amides is 3. The van der Waals surface area contributed by atoms with Crippen LogP contribution in [0.4, 0.5) is 4.79 Å². The molecule has 3 atom stereocenters. The second-order valence-corrected chi connectivity index (χ2v) is 14.0. The Labute approximate surface area is 299 Å². The SMILES string of the molecule is CC(C)[C@H](NC(=O)OCC1c2ccccc2-c2ccccc21)C(=O)N[C@@](C)(Cc1ccc(O)cc1)C(=O)N(C)[C@H](C)c1cccc2ccccc12. The van der Waals surface area contributed by atoms with Crippen molar-refractivity contribution < 1.29 is 24.2 Å². The summed E-state index contributed by atoms with van der Waals surface area (Å²) >= 11 is 0. The zero-order valence-electron chi connectivity index (χ0n) is 29.7. The van der Waals surface area contributed by atoms with Gasteiger partial charge in [-0.05, 0) is 76.1 Å². The summed E-state index contributed by atoms with van der Waals surface area (Å²) < 4.78 is 5.78. The number of alkyl carbamates (subject to hydrolysis) is 1. The number of carbonyl (C=O) groups is 3. The zero-order valence-corrected chi connectivity index (χ0v) is 29.7. The van der Waals surface area contributed by atoms with Crippen LogP contribution in [0.2, 0.25) is 0 Å². The fourth-order valence-electron chi connectivity index (χ4n) is 7.24. The van der Waals surface area contributed by atoms with Gasteiger partial charge >= 0.3 is 6.09 Å². The van der Waals surface area contributed by atoms with Crippen molar-refractivity contribution in [3.05, 3.63) is 138 Å². The number of phenols is 1. The van der Waals surface area contributed by atoms with E-state index in [1.54, 1.807) is 43.1 Å². The summed E-state index contributed by atoms with van der Waals surface area (Å²) in [5.41, 5.74) is 4.76. The highest BCUT2D eigenvalue weighted by molar-refractivity contribution is 5.95. The molecule has 0 aromatic heterocycles. The third-order valence-corrected chi connectivity index (χ3v) is 10.1. The second kappa shape index (κ2) is 14.7. The van der Waals surface area contributed by atoms with Gasteiger partial charge in [0.1, 0.15) is 23.9 Å². The minimum Gasteiger partial charge on any atom is -0.508 e. The number of hydrogen-bond acceptors (Lipinski definition) is 5. The van der Waals surface area contributed by atoms with Crippen LogP contribution in [0.15, 0.2) is 115 Å². The Hall–Kier alpha value is -5.63. The molecule has 0 bridgehead atoms. The summed E-state index contributed by atoms with van der Waals surface area (Å²) in [5.74, 6) is -1.14. The molecule has 51 heavy (non-hydrogen) atoms. The molecule has 1 aliphatic rings. The van der Waals surface area contributed by atoms with Crippen LogP contribution in [0.1, 0.15) is 61.9 Å². The minimum atomic E-state index is -1.41. The molecule has 5 aromatic carbocycles. The van der Waals surface area contributed by atoms with E-state index in [4.69, 9.17) is 4.74 Å². The van der Waals surface area contributed by atoms with Gasteiger partial charge in [0, 0.05) is 19.4 Å². The predicted octanol–water partition coefficient (Wildman–Crippen LogP) is 7.75. The van der Waals surface area contributed by atoms with Crippen molar-refractivity contribution in [1.82, 2.24) is 15.5 Å². The molecule has 8 heteroatoms. The number of aromatic hydroxyl groups is 1. The molecule has 0 aliphatic heterocycles. The van der Waals surface area contributed by atoms with Crippen molar-refractivity contribution in [3.63, 3.8) is 0 Å². The Bertz CT molecular complexity index is 2010. The first-order valence-corrected chi connectivity index (χ1v) is 17.4. The number of fused-ring (bicyclic) bond motifs is 4. The number of nitrogens with zero attached hydrogens (tertiary/aromatic N) is 1. The molecule has 3 amide bonds. The van der Waals surface area contributed by atoms with Crippen LogP contribution < -0.4 is 10.6 Å². The number of phenolic OH excluding ortho intramolecular Hbond substituents is 1. The lowest BCUT2D eigenvalue weighted by Crippen LogP contribution is -2.62. The smallest absolute Gasteiger partial charge is 0.407 e. The third-order valence-electron chi connectivity index (χ3n) is 10.1. The van der Waals surface area contributed by atoms with Gasteiger partial charge in [-0.3, -0.25) is 9.59 Å². The van der Waals surface area contributed by atoms with Gasteiger partial charge in [-0.2, -0.15) is 0 Å².